The number of ether oxygens (including phenoxy) is 1. The van der Waals surface area contributed by atoms with Gasteiger partial charge >= 0.3 is 12.4 Å². The Morgan fingerprint density at radius 1 is 0.923 bits per heavy atom. The van der Waals surface area contributed by atoms with Crippen LogP contribution in [-0.4, -0.2) is 18.7 Å². The predicted molar refractivity (Wildman–Crippen MR) is 81.8 cm³/mol. The Kier molecular flexibility index (Phi) is 5.79. The fraction of sp³-hybridized carbons (Fsp3) is 0.235. The van der Waals surface area contributed by atoms with Gasteiger partial charge in [-0.3, -0.25) is 4.79 Å². The largest absolute Gasteiger partial charge is 0.482 e. The highest BCUT2D eigenvalue weighted by Gasteiger charge is 2.30. The molecule has 0 aliphatic heterocycles. The lowest BCUT2D eigenvalue weighted by Crippen LogP contribution is -2.20. The van der Waals surface area contributed by atoms with Crippen molar-refractivity contribution in [2.75, 3.05) is 11.9 Å². The summed E-state index contributed by atoms with van der Waals surface area (Å²) >= 11 is 0. The summed E-state index contributed by atoms with van der Waals surface area (Å²) in [4.78, 5) is 12.0. The Labute approximate surface area is 144 Å². The third kappa shape index (κ3) is 5.98. The highest BCUT2D eigenvalue weighted by atomic mass is 19.4. The van der Waals surface area contributed by atoms with E-state index >= 15 is 0 Å². The van der Waals surface area contributed by atoms with E-state index in [0.717, 1.165) is 24.3 Å². The molecule has 2 aromatic rings. The van der Waals surface area contributed by atoms with Crippen LogP contribution in [0.2, 0.25) is 0 Å². The van der Waals surface area contributed by atoms with E-state index < -0.39 is 30.4 Å². The lowest BCUT2D eigenvalue weighted by Gasteiger charge is -2.14. The van der Waals surface area contributed by atoms with Crippen molar-refractivity contribution in [1.29, 1.82) is 0 Å². The highest BCUT2D eigenvalue weighted by Crippen LogP contribution is 2.29. The van der Waals surface area contributed by atoms with Crippen LogP contribution in [0.5, 0.6) is 5.75 Å². The molecule has 0 bridgehead atoms. The van der Waals surface area contributed by atoms with Crippen molar-refractivity contribution in [3.63, 3.8) is 0 Å². The average molecular weight is 377 g/mol. The molecule has 0 saturated heterocycles. The Balaban J connectivity index is 2.02. The monoisotopic (exact) mass is 377 g/mol. The van der Waals surface area contributed by atoms with Gasteiger partial charge in [0.25, 0.3) is 0 Å². The first-order chi connectivity index (χ1) is 12.0. The molecule has 0 saturated carbocycles. The summed E-state index contributed by atoms with van der Waals surface area (Å²) in [6.45, 7) is -1.52. The molecule has 0 aromatic heterocycles. The second-order valence-electron chi connectivity index (χ2n) is 5.32. The van der Waals surface area contributed by atoms with Crippen molar-refractivity contribution < 1.29 is 35.9 Å². The van der Waals surface area contributed by atoms with Crippen LogP contribution < -0.4 is 10.1 Å². The minimum Gasteiger partial charge on any atom is -0.482 e. The second kappa shape index (κ2) is 7.67. The summed E-state index contributed by atoms with van der Waals surface area (Å²) in [5, 5.41) is 2.39. The van der Waals surface area contributed by atoms with E-state index in [0.29, 0.717) is 5.56 Å². The number of hydrogen-bond acceptors (Lipinski definition) is 2. The number of nitrogens with one attached hydrogen (secondary N) is 1. The van der Waals surface area contributed by atoms with Crippen LogP contribution in [0, 0.1) is 0 Å². The molecule has 1 N–H and O–H groups in total. The van der Waals surface area contributed by atoms with Crippen LogP contribution in [0.3, 0.4) is 0 Å². The number of rotatable bonds is 5. The summed E-state index contributed by atoms with van der Waals surface area (Å²) < 4.78 is 78.9. The first kappa shape index (κ1) is 19.6. The normalized spacial score (nSPS) is 11.9. The van der Waals surface area contributed by atoms with Gasteiger partial charge < -0.3 is 10.1 Å². The van der Waals surface area contributed by atoms with Crippen molar-refractivity contribution in [1.82, 2.24) is 0 Å². The van der Waals surface area contributed by atoms with E-state index in [2.05, 4.69) is 10.1 Å². The number of anilines is 1. The SMILES string of the molecule is O=C(Cc1ccc(C(F)(F)F)cc1)Nc1ccccc1OCC(F)(F)F. The molecule has 0 atom stereocenters. The number of benzene rings is 2. The third-order valence-corrected chi connectivity index (χ3v) is 3.20. The zero-order valence-electron chi connectivity index (χ0n) is 13.1. The molecule has 9 heteroatoms. The zero-order valence-corrected chi connectivity index (χ0v) is 13.1. The molecule has 0 aliphatic rings. The highest BCUT2D eigenvalue weighted by molar-refractivity contribution is 5.93. The van der Waals surface area contributed by atoms with Crippen molar-refractivity contribution in [2.24, 2.45) is 0 Å². The molecular weight excluding hydrogens is 364 g/mol. The number of para-hydroxylation sites is 2. The Hall–Kier alpha value is -2.71. The molecular formula is C17H13F6NO2. The number of alkyl halides is 6. The Bertz CT molecular complexity index is 753. The van der Waals surface area contributed by atoms with E-state index in [1.807, 2.05) is 0 Å². The number of carbonyl (C=O) groups excluding carboxylic acids is 1. The van der Waals surface area contributed by atoms with Gasteiger partial charge in [0.2, 0.25) is 5.91 Å². The minimum atomic E-state index is -4.53. The van der Waals surface area contributed by atoms with Gasteiger partial charge in [0.15, 0.2) is 6.61 Å². The average Bonchev–Trinajstić information content (AvgIpc) is 2.53. The van der Waals surface area contributed by atoms with E-state index in [4.69, 9.17) is 0 Å². The first-order valence-electron chi connectivity index (χ1n) is 7.29. The van der Waals surface area contributed by atoms with Crippen LogP contribution in [0.4, 0.5) is 32.0 Å². The zero-order chi connectivity index (χ0) is 19.4. The van der Waals surface area contributed by atoms with Gasteiger partial charge in [-0.05, 0) is 29.8 Å². The standard InChI is InChI=1S/C17H13F6NO2/c18-16(19,20)10-26-14-4-2-1-3-13(14)24-15(25)9-11-5-7-12(8-6-11)17(21,22)23/h1-8H,9-10H2,(H,24,25). The van der Waals surface area contributed by atoms with Crippen LogP contribution in [0.15, 0.2) is 48.5 Å². The molecule has 3 nitrogen and oxygen atoms in total. The summed E-state index contributed by atoms with van der Waals surface area (Å²) in [6.07, 6.45) is -9.25. The molecule has 0 fully saturated rings. The minimum absolute atomic E-state index is 0.0358. The summed E-state index contributed by atoms with van der Waals surface area (Å²) in [5.74, 6) is -0.765. The van der Waals surface area contributed by atoms with Gasteiger partial charge in [-0.1, -0.05) is 24.3 Å². The van der Waals surface area contributed by atoms with E-state index in [1.165, 1.54) is 24.3 Å². The van der Waals surface area contributed by atoms with Gasteiger partial charge in [-0.25, -0.2) is 0 Å². The summed E-state index contributed by atoms with van der Waals surface area (Å²) in [7, 11) is 0. The van der Waals surface area contributed by atoms with Gasteiger partial charge in [-0.15, -0.1) is 0 Å². The lowest BCUT2D eigenvalue weighted by atomic mass is 10.1. The van der Waals surface area contributed by atoms with E-state index in [9.17, 15) is 31.1 Å². The summed E-state index contributed by atoms with van der Waals surface area (Å²) in [5.41, 5.74) is -0.481. The van der Waals surface area contributed by atoms with Crippen molar-refractivity contribution in [2.45, 2.75) is 18.8 Å². The van der Waals surface area contributed by atoms with Crippen molar-refractivity contribution in [3.05, 3.63) is 59.7 Å². The number of amides is 1. The molecule has 2 rings (SSSR count). The van der Waals surface area contributed by atoms with Crippen LogP contribution in [0.25, 0.3) is 0 Å². The number of hydrogen-bond donors (Lipinski definition) is 1. The van der Waals surface area contributed by atoms with E-state index in [1.54, 1.807) is 0 Å². The second-order valence-corrected chi connectivity index (χ2v) is 5.32. The number of carbonyl (C=O) groups is 1. The van der Waals surface area contributed by atoms with Crippen LogP contribution in [0.1, 0.15) is 11.1 Å². The molecule has 0 spiro atoms. The van der Waals surface area contributed by atoms with Gasteiger partial charge in [0, 0.05) is 0 Å². The molecule has 2 aromatic carbocycles. The van der Waals surface area contributed by atoms with Gasteiger partial charge in [-0.2, -0.15) is 26.3 Å². The third-order valence-electron chi connectivity index (χ3n) is 3.20. The topological polar surface area (TPSA) is 38.3 Å². The van der Waals surface area contributed by atoms with Crippen molar-refractivity contribution >= 4 is 11.6 Å². The van der Waals surface area contributed by atoms with Gasteiger partial charge in [0.05, 0.1) is 17.7 Å². The maximum Gasteiger partial charge on any atom is 0.422 e. The molecule has 0 aliphatic carbocycles. The molecule has 1 amide bonds. The van der Waals surface area contributed by atoms with E-state index in [-0.39, 0.29) is 17.9 Å². The van der Waals surface area contributed by atoms with Crippen LogP contribution >= 0.6 is 0 Å². The smallest absolute Gasteiger partial charge is 0.422 e. The quantitative estimate of drug-likeness (QED) is 0.759. The lowest BCUT2D eigenvalue weighted by molar-refractivity contribution is -0.153. The van der Waals surface area contributed by atoms with Crippen molar-refractivity contribution in [3.8, 4) is 5.75 Å². The molecule has 0 unspecified atom stereocenters. The predicted octanol–water partition coefficient (Wildman–Crippen LogP) is 4.83. The molecule has 0 radical (unpaired) electrons. The Morgan fingerprint density at radius 3 is 2.12 bits per heavy atom. The fourth-order valence-corrected chi connectivity index (χ4v) is 2.05. The maximum atomic E-state index is 12.5. The first-order valence-corrected chi connectivity index (χ1v) is 7.29. The summed E-state index contributed by atoms with van der Waals surface area (Å²) in [6, 6.07) is 9.58. The molecule has 140 valence electrons. The number of halogens is 6. The maximum absolute atomic E-state index is 12.5. The fourth-order valence-electron chi connectivity index (χ4n) is 2.05. The molecule has 0 heterocycles. The molecule has 26 heavy (non-hydrogen) atoms. The van der Waals surface area contributed by atoms with Gasteiger partial charge in [0.1, 0.15) is 5.75 Å². The van der Waals surface area contributed by atoms with Crippen LogP contribution in [-0.2, 0) is 17.4 Å². The Morgan fingerprint density at radius 2 is 1.54 bits per heavy atom.